The summed E-state index contributed by atoms with van der Waals surface area (Å²) in [6, 6.07) is 50.5. The lowest BCUT2D eigenvalue weighted by atomic mass is 9.36. The second-order valence-electron chi connectivity index (χ2n) is 23.8. The molecule has 1 saturated carbocycles. The molecule has 0 radical (unpaired) electrons. The Morgan fingerprint density at radius 3 is 1.91 bits per heavy atom. The summed E-state index contributed by atoms with van der Waals surface area (Å²) < 4.78 is 16.9. The number of ether oxygens (including phenoxy) is 2. The van der Waals surface area contributed by atoms with E-state index in [2.05, 4.69) is 204 Å². The van der Waals surface area contributed by atoms with Crippen molar-refractivity contribution in [2.45, 2.75) is 121 Å². The highest BCUT2D eigenvalue weighted by Crippen LogP contribution is 2.65. The van der Waals surface area contributed by atoms with Crippen LogP contribution in [0.5, 0.6) is 23.0 Å². The summed E-state index contributed by atoms with van der Waals surface area (Å²) in [6.45, 7) is 19.6. The fourth-order valence-electron chi connectivity index (χ4n) is 14.8. The molecule has 2 atom stereocenters. The van der Waals surface area contributed by atoms with Crippen LogP contribution in [0.15, 0.2) is 133 Å². The summed E-state index contributed by atoms with van der Waals surface area (Å²) in [5, 5.41) is 1.35. The molecular weight excluding hydrogens is 874 g/mol. The Labute approximate surface area is 416 Å². The van der Waals surface area contributed by atoms with Crippen molar-refractivity contribution in [3.8, 4) is 23.0 Å². The van der Waals surface area contributed by atoms with Gasteiger partial charge in [0.1, 0.15) is 11.5 Å². The summed E-state index contributed by atoms with van der Waals surface area (Å²) in [4.78, 5) is 7.91. The quantitative estimate of drug-likeness (QED) is 0.153. The van der Waals surface area contributed by atoms with Gasteiger partial charge in [0.2, 0.25) is 0 Å². The van der Waals surface area contributed by atoms with E-state index in [0.717, 1.165) is 58.6 Å². The summed E-state index contributed by atoms with van der Waals surface area (Å²) in [6.07, 6.45) is 7.13. The monoisotopic (exact) mass is 931 g/mol. The van der Waals surface area contributed by atoms with Crippen LogP contribution in [0.1, 0.15) is 122 Å². The number of hydrogen-bond acceptors (Lipinski definition) is 6. The number of fused-ring (bicyclic) bond motifs is 17. The first-order valence-electron chi connectivity index (χ1n) is 25.8. The SMILES string of the molecule is CC1(C)CCC(C)(C)c2cc(N3c4ccc5c(c4)N(c4ccccc4Oc4ccccc43)c3ccc4c6c3B5c3sc5cc7c(cc5c3N6C3(C)CCCCC43C)C(C)(C)c3ccccc3O7)ccc21. The minimum absolute atomic E-state index is 0.0212. The van der Waals surface area contributed by atoms with Crippen molar-refractivity contribution in [3.63, 3.8) is 0 Å². The number of thiophene rings is 1. The Kier molecular flexibility index (Phi) is 7.97. The zero-order valence-corrected chi connectivity index (χ0v) is 42.4. The van der Waals surface area contributed by atoms with Gasteiger partial charge in [-0.15, -0.1) is 11.3 Å². The average Bonchev–Trinajstić information content (AvgIpc) is 3.82. The first kappa shape index (κ1) is 41.4. The van der Waals surface area contributed by atoms with Gasteiger partial charge in [-0.1, -0.05) is 122 Å². The maximum absolute atomic E-state index is 7.30. The van der Waals surface area contributed by atoms with E-state index in [1.807, 2.05) is 11.3 Å². The summed E-state index contributed by atoms with van der Waals surface area (Å²) in [5.74, 6) is 3.60. The number of rotatable bonds is 1. The van der Waals surface area contributed by atoms with E-state index in [-0.39, 0.29) is 33.9 Å². The largest absolute Gasteiger partial charge is 0.457 e. The van der Waals surface area contributed by atoms with Gasteiger partial charge in [-0.25, -0.2) is 0 Å². The maximum Gasteiger partial charge on any atom is 0.264 e. The molecule has 2 bridgehead atoms. The van der Waals surface area contributed by atoms with Crippen molar-refractivity contribution in [2.75, 3.05) is 14.7 Å². The van der Waals surface area contributed by atoms with Gasteiger partial charge in [0.25, 0.3) is 6.71 Å². The molecule has 7 aromatic carbocycles. The van der Waals surface area contributed by atoms with E-state index in [1.54, 1.807) is 0 Å². The Bertz CT molecular complexity index is 3640. The molecule has 0 spiro atoms. The molecule has 7 aliphatic rings. The molecule has 2 unspecified atom stereocenters. The van der Waals surface area contributed by atoms with E-state index < -0.39 is 0 Å². The van der Waals surface area contributed by atoms with E-state index in [4.69, 9.17) is 9.47 Å². The topological polar surface area (TPSA) is 28.2 Å². The first-order chi connectivity index (χ1) is 33.7. The fraction of sp³-hybridized carbons (Fsp3) is 0.302. The summed E-state index contributed by atoms with van der Waals surface area (Å²) >= 11 is 1.99. The van der Waals surface area contributed by atoms with Crippen molar-refractivity contribution in [1.82, 2.24) is 0 Å². The molecule has 0 N–H and O–H groups in total. The zero-order chi connectivity index (χ0) is 47.4. The zero-order valence-electron chi connectivity index (χ0n) is 41.6. The minimum Gasteiger partial charge on any atom is -0.457 e. The highest BCUT2D eigenvalue weighted by molar-refractivity contribution is 7.33. The molecular formula is C63H58BN3O2S. The van der Waals surface area contributed by atoms with Crippen molar-refractivity contribution < 1.29 is 9.47 Å². The van der Waals surface area contributed by atoms with Crippen LogP contribution >= 0.6 is 11.3 Å². The molecule has 6 heterocycles. The van der Waals surface area contributed by atoms with Gasteiger partial charge in [-0.2, -0.15) is 0 Å². The molecule has 15 rings (SSSR count). The van der Waals surface area contributed by atoms with Gasteiger partial charge in [-0.05, 0) is 144 Å². The molecule has 5 nitrogen and oxygen atoms in total. The molecule has 2 aliphatic carbocycles. The highest BCUT2D eigenvalue weighted by Gasteiger charge is 2.62. The molecule has 0 amide bonds. The van der Waals surface area contributed by atoms with E-state index in [9.17, 15) is 0 Å². The lowest BCUT2D eigenvalue weighted by Crippen LogP contribution is -2.63. The molecule has 1 aromatic heterocycles. The van der Waals surface area contributed by atoms with Gasteiger partial charge in [-0.3, -0.25) is 0 Å². The predicted octanol–water partition coefficient (Wildman–Crippen LogP) is 15.6. The Morgan fingerprint density at radius 2 is 1.13 bits per heavy atom. The number of anilines is 8. The third-order valence-electron chi connectivity index (χ3n) is 18.9. The number of nitrogens with zero attached hydrogens (tertiary/aromatic N) is 3. The smallest absolute Gasteiger partial charge is 0.264 e. The van der Waals surface area contributed by atoms with Crippen molar-refractivity contribution >= 4 is 89.3 Å². The third kappa shape index (κ3) is 5.09. The van der Waals surface area contributed by atoms with E-state index in [0.29, 0.717) is 0 Å². The minimum atomic E-state index is -0.227. The number of para-hydroxylation sites is 5. The fourth-order valence-corrected chi connectivity index (χ4v) is 16.1. The van der Waals surface area contributed by atoms with Crippen LogP contribution in [0.4, 0.5) is 45.5 Å². The molecule has 1 fully saturated rings. The Hall–Kier alpha value is -6.44. The third-order valence-corrected chi connectivity index (χ3v) is 20.1. The molecule has 8 aromatic rings. The average molecular weight is 932 g/mol. The van der Waals surface area contributed by atoms with Gasteiger partial charge in [0.05, 0.1) is 22.6 Å². The van der Waals surface area contributed by atoms with Crippen LogP contribution in [-0.2, 0) is 21.7 Å². The van der Waals surface area contributed by atoms with Gasteiger partial charge >= 0.3 is 0 Å². The van der Waals surface area contributed by atoms with Gasteiger partial charge in [0.15, 0.2) is 11.5 Å². The molecule has 0 saturated heterocycles. The van der Waals surface area contributed by atoms with Crippen molar-refractivity contribution in [2.24, 2.45) is 0 Å². The molecule has 70 heavy (non-hydrogen) atoms. The maximum atomic E-state index is 7.30. The van der Waals surface area contributed by atoms with Crippen LogP contribution in [0.25, 0.3) is 10.1 Å². The highest BCUT2D eigenvalue weighted by atomic mass is 32.1. The second-order valence-corrected chi connectivity index (χ2v) is 24.9. The van der Waals surface area contributed by atoms with Crippen LogP contribution in [0.3, 0.4) is 0 Å². The van der Waals surface area contributed by atoms with Crippen molar-refractivity contribution in [3.05, 3.63) is 161 Å². The molecule has 5 aliphatic heterocycles. The first-order valence-corrected chi connectivity index (χ1v) is 26.6. The van der Waals surface area contributed by atoms with Crippen LogP contribution in [0, 0.1) is 0 Å². The van der Waals surface area contributed by atoms with Crippen LogP contribution in [0.2, 0.25) is 0 Å². The normalized spacial score (nSPS) is 22.8. The van der Waals surface area contributed by atoms with E-state index >= 15 is 0 Å². The van der Waals surface area contributed by atoms with Gasteiger partial charge in [0, 0.05) is 65.3 Å². The standard InChI is InChI=1S/C63H58BN3O2S/c1-59(2)31-32-60(3,4)43-33-37(23-25-40(43)59)65-38-24-27-45-49(34-38)66(47-19-11-14-22-52(47)69-51-21-13-10-18-46(51)65)48-28-26-42-57-55(48)64(45)58-56(67(57)63(8)30-16-15-29-62(42,63)7)39-35-44-53(36-54(39)70-58)68-50-20-12-9-17-41(50)61(44,5)6/h9-14,17-28,33-36H,15-16,29-32H2,1-8H3. The second kappa shape index (κ2) is 13.5. The predicted molar refractivity (Wildman–Crippen MR) is 293 cm³/mol. The lowest BCUT2D eigenvalue weighted by Gasteiger charge is -2.52. The van der Waals surface area contributed by atoms with Crippen molar-refractivity contribution in [1.29, 1.82) is 0 Å². The van der Waals surface area contributed by atoms with Crippen LogP contribution < -0.4 is 39.9 Å². The van der Waals surface area contributed by atoms with Gasteiger partial charge < -0.3 is 24.2 Å². The molecule has 7 heteroatoms. The van der Waals surface area contributed by atoms with Crippen LogP contribution in [-0.4, -0.2) is 12.3 Å². The molecule has 346 valence electrons. The lowest BCUT2D eigenvalue weighted by molar-refractivity contribution is 0.195. The Morgan fingerprint density at radius 1 is 0.486 bits per heavy atom. The summed E-state index contributed by atoms with van der Waals surface area (Å²) in [5.41, 5.74) is 19.1. The summed E-state index contributed by atoms with van der Waals surface area (Å²) in [7, 11) is 0. The number of hydrogen-bond donors (Lipinski definition) is 0. The number of benzene rings is 7. The van der Waals surface area contributed by atoms with E-state index in [1.165, 1.54) is 102 Å². The Balaban J connectivity index is 1.02.